The van der Waals surface area contributed by atoms with Gasteiger partial charge in [0, 0.05) is 15.9 Å². The van der Waals surface area contributed by atoms with E-state index in [1.165, 1.54) is 5.20 Å². The molecule has 2 heteroatoms. The summed E-state index contributed by atoms with van der Waals surface area (Å²) in [6, 6.07) is 0. The lowest BCUT2D eigenvalue weighted by Crippen LogP contribution is -1.93. The SMILES string of the molecule is NC1=C([SiH3])CC=C1. The van der Waals surface area contributed by atoms with Gasteiger partial charge in [0.05, 0.1) is 0 Å². The summed E-state index contributed by atoms with van der Waals surface area (Å²) in [5.41, 5.74) is 6.51. The fraction of sp³-hybridized carbons (Fsp3) is 0.200. The summed E-state index contributed by atoms with van der Waals surface area (Å²) in [4.78, 5) is 0. The van der Waals surface area contributed by atoms with Gasteiger partial charge in [0.15, 0.2) is 0 Å². The van der Waals surface area contributed by atoms with E-state index in [-0.39, 0.29) is 0 Å². The standard InChI is InChI=1S/C5H9NSi/c6-4-2-1-3-5(4)7/h1-2H,3,6H2,7H3. The molecule has 0 aliphatic heterocycles. The third kappa shape index (κ3) is 0.745. The van der Waals surface area contributed by atoms with Gasteiger partial charge in [-0.2, -0.15) is 0 Å². The van der Waals surface area contributed by atoms with Gasteiger partial charge >= 0.3 is 0 Å². The second kappa shape index (κ2) is 1.54. The Morgan fingerprint density at radius 2 is 2.43 bits per heavy atom. The van der Waals surface area contributed by atoms with Gasteiger partial charge in [-0.3, -0.25) is 0 Å². The third-order valence-corrected chi connectivity index (χ3v) is 2.20. The van der Waals surface area contributed by atoms with Crippen LogP contribution >= 0.6 is 0 Å². The van der Waals surface area contributed by atoms with E-state index in [1.807, 2.05) is 6.08 Å². The molecule has 0 spiro atoms. The molecule has 0 saturated carbocycles. The second-order valence-electron chi connectivity index (χ2n) is 1.84. The minimum Gasteiger partial charge on any atom is -0.399 e. The van der Waals surface area contributed by atoms with Crippen molar-refractivity contribution in [2.75, 3.05) is 0 Å². The molecular weight excluding hydrogens is 102 g/mol. The molecular formula is C5H9NSi. The summed E-state index contributed by atoms with van der Waals surface area (Å²) in [6.45, 7) is 0. The van der Waals surface area contributed by atoms with E-state index < -0.39 is 0 Å². The highest BCUT2D eigenvalue weighted by Crippen LogP contribution is 2.09. The van der Waals surface area contributed by atoms with Gasteiger partial charge in [0.25, 0.3) is 0 Å². The number of hydrogen-bond donors (Lipinski definition) is 1. The Bertz CT molecular complexity index is 135. The predicted octanol–water partition coefficient (Wildman–Crippen LogP) is -0.518. The van der Waals surface area contributed by atoms with Crippen molar-refractivity contribution in [3.8, 4) is 0 Å². The van der Waals surface area contributed by atoms with Crippen molar-refractivity contribution in [1.29, 1.82) is 0 Å². The van der Waals surface area contributed by atoms with Crippen molar-refractivity contribution < 1.29 is 0 Å². The molecule has 1 aliphatic rings. The van der Waals surface area contributed by atoms with Crippen LogP contribution in [0.2, 0.25) is 0 Å². The molecule has 0 radical (unpaired) electrons. The largest absolute Gasteiger partial charge is 0.399 e. The van der Waals surface area contributed by atoms with E-state index in [2.05, 4.69) is 6.08 Å². The van der Waals surface area contributed by atoms with Gasteiger partial charge in [0.2, 0.25) is 0 Å². The van der Waals surface area contributed by atoms with Crippen LogP contribution in [-0.4, -0.2) is 10.2 Å². The van der Waals surface area contributed by atoms with Crippen LogP contribution < -0.4 is 5.73 Å². The molecule has 7 heavy (non-hydrogen) atoms. The van der Waals surface area contributed by atoms with Gasteiger partial charge in [-0.05, 0) is 12.5 Å². The third-order valence-electron chi connectivity index (χ3n) is 1.21. The monoisotopic (exact) mass is 111 g/mol. The van der Waals surface area contributed by atoms with Gasteiger partial charge < -0.3 is 5.73 Å². The summed E-state index contributed by atoms with van der Waals surface area (Å²) in [5, 5.41) is 1.43. The van der Waals surface area contributed by atoms with Gasteiger partial charge in [-0.15, -0.1) is 0 Å². The first-order valence-electron chi connectivity index (χ1n) is 2.42. The van der Waals surface area contributed by atoms with Crippen LogP contribution in [0.1, 0.15) is 6.42 Å². The molecule has 0 fully saturated rings. The number of hydrogen-bond acceptors (Lipinski definition) is 1. The van der Waals surface area contributed by atoms with Crippen molar-refractivity contribution in [2.45, 2.75) is 6.42 Å². The predicted molar refractivity (Wildman–Crippen MR) is 34.9 cm³/mol. The minimum absolute atomic E-state index is 1.01. The zero-order chi connectivity index (χ0) is 5.28. The molecule has 0 aromatic carbocycles. The minimum atomic E-state index is 1.01. The summed E-state index contributed by atoms with van der Waals surface area (Å²) in [6.07, 6.45) is 5.21. The lowest BCUT2D eigenvalue weighted by atomic mass is 10.5. The highest BCUT2D eigenvalue weighted by molar-refractivity contribution is 6.22. The number of allylic oxidation sites excluding steroid dienone is 3. The van der Waals surface area contributed by atoms with E-state index >= 15 is 0 Å². The van der Waals surface area contributed by atoms with Crippen LogP contribution in [0, 0.1) is 0 Å². The Hall–Kier alpha value is -0.503. The molecule has 1 aliphatic carbocycles. The Labute approximate surface area is 46.3 Å². The second-order valence-corrected chi connectivity index (χ2v) is 3.05. The molecule has 0 heterocycles. The molecule has 1 rings (SSSR count). The maximum Gasteiger partial charge on any atom is 0.0364 e. The first-order chi connectivity index (χ1) is 3.30. The fourth-order valence-corrected chi connectivity index (χ4v) is 1.03. The topological polar surface area (TPSA) is 26.0 Å². The first-order valence-corrected chi connectivity index (χ1v) is 3.42. The Balaban J connectivity index is 2.79. The van der Waals surface area contributed by atoms with Crippen LogP contribution in [0.5, 0.6) is 0 Å². The van der Waals surface area contributed by atoms with E-state index in [0.29, 0.717) is 0 Å². The zero-order valence-corrected chi connectivity index (χ0v) is 6.44. The van der Waals surface area contributed by atoms with E-state index in [9.17, 15) is 0 Å². The van der Waals surface area contributed by atoms with Crippen LogP contribution in [0.15, 0.2) is 23.0 Å². The molecule has 0 aromatic heterocycles. The molecule has 0 saturated heterocycles. The molecule has 0 aromatic rings. The molecule has 0 bridgehead atoms. The molecule has 2 N–H and O–H groups in total. The highest BCUT2D eigenvalue weighted by Gasteiger charge is 1.96. The molecule has 0 unspecified atom stereocenters. The van der Waals surface area contributed by atoms with E-state index in [0.717, 1.165) is 22.4 Å². The Morgan fingerprint density at radius 1 is 1.71 bits per heavy atom. The average Bonchev–Trinajstić information content (AvgIpc) is 1.91. The zero-order valence-electron chi connectivity index (χ0n) is 4.44. The Kier molecular flexibility index (Phi) is 1.02. The highest BCUT2D eigenvalue weighted by atomic mass is 28.1. The quantitative estimate of drug-likeness (QED) is 0.418. The molecule has 0 atom stereocenters. The lowest BCUT2D eigenvalue weighted by Gasteiger charge is -1.88. The van der Waals surface area contributed by atoms with Gasteiger partial charge in [0.1, 0.15) is 0 Å². The van der Waals surface area contributed by atoms with Crippen molar-refractivity contribution in [1.82, 2.24) is 0 Å². The number of rotatable bonds is 0. The normalized spacial score (nSPS) is 19.4. The van der Waals surface area contributed by atoms with Gasteiger partial charge in [-0.1, -0.05) is 11.3 Å². The van der Waals surface area contributed by atoms with Crippen LogP contribution in [0.3, 0.4) is 0 Å². The summed E-state index contributed by atoms with van der Waals surface area (Å²) >= 11 is 0. The molecule has 38 valence electrons. The summed E-state index contributed by atoms with van der Waals surface area (Å²) < 4.78 is 0. The fourth-order valence-electron chi connectivity index (χ4n) is 0.623. The van der Waals surface area contributed by atoms with E-state index in [1.54, 1.807) is 0 Å². The van der Waals surface area contributed by atoms with Crippen molar-refractivity contribution >= 4 is 10.2 Å². The van der Waals surface area contributed by atoms with Crippen molar-refractivity contribution in [2.24, 2.45) is 5.73 Å². The summed E-state index contributed by atoms with van der Waals surface area (Å²) in [5.74, 6) is 0. The number of nitrogens with two attached hydrogens (primary N) is 1. The maximum atomic E-state index is 5.51. The Morgan fingerprint density at radius 3 is 2.57 bits per heavy atom. The molecule has 1 nitrogen and oxygen atoms in total. The smallest absolute Gasteiger partial charge is 0.0364 e. The lowest BCUT2D eigenvalue weighted by molar-refractivity contribution is 1.35. The van der Waals surface area contributed by atoms with Gasteiger partial charge in [-0.25, -0.2) is 0 Å². The summed E-state index contributed by atoms with van der Waals surface area (Å²) in [7, 11) is 1.13. The van der Waals surface area contributed by atoms with Crippen LogP contribution in [0.25, 0.3) is 0 Å². The molecule has 0 amide bonds. The van der Waals surface area contributed by atoms with Crippen LogP contribution in [0.4, 0.5) is 0 Å². The van der Waals surface area contributed by atoms with Crippen LogP contribution in [-0.2, 0) is 0 Å². The van der Waals surface area contributed by atoms with Crippen molar-refractivity contribution in [3.05, 3.63) is 23.0 Å². The average molecular weight is 111 g/mol. The first kappa shape index (κ1) is 4.65. The van der Waals surface area contributed by atoms with Crippen molar-refractivity contribution in [3.63, 3.8) is 0 Å². The van der Waals surface area contributed by atoms with E-state index in [4.69, 9.17) is 5.73 Å². The maximum absolute atomic E-state index is 5.51.